The van der Waals surface area contributed by atoms with Gasteiger partial charge < -0.3 is 10.2 Å². The molecule has 0 saturated carbocycles. The molecule has 0 aliphatic carbocycles. The van der Waals surface area contributed by atoms with Gasteiger partial charge in [0, 0.05) is 6.61 Å². The molecule has 1 atom stereocenters. The molecule has 1 saturated heterocycles. The van der Waals surface area contributed by atoms with E-state index in [2.05, 4.69) is 4.90 Å². The third kappa shape index (κ3) is 2.92. The number of hydrogen-bond donors (Lipinski definition) is 2. The number of hydrogen-bond acceptors (Lipinski definition) is 3. The van der Waals surface area contributed by atoms with E-state index in [9.17, 15) is 4.79 Å². The van der Waals surface area contributed by atoms with Crippen molar-refractivity contribution < 1.29 is 15.0 Å². The third-order valence-corrected chi connectivity index (χ3v) is 3.34. The number of aliphatic hydroxyl groups excluding tert-OH is 1. The van der Waals surface area contributed by atoms with Gasteiger partial charge in [-0.05, 0) is 52.1 Å². The summed E-state index contributed by atoms with van der Waals surface area (Å²) in [6.45, 7) is 3.77. The Morgan fingerprint density at radius 3 is 2.73 bits per heavy atom. The summed E-state index contributed by atoms with van der Waals surface area (Å²) in [4.78, 5) is 13.2. The van der Waals surface area contributed by atoms with Gasteiger partial charge in [0.25, 0.3) is 0 Å². The number of carbonyl (C=O) groups is 1. The van der Waals surface area contributed by atoms with Gasteiger partial charge in [-0.3, -0.25) is 9.69 Å². The molecule has 1 unspecified atom stereocenters. The molecule has 1 rings (SSSR count). The number of likely N-dealkylation sites (tertiary alicyclic amines) is 1. The van der Waals surface area contributed by atoms with Crippen LogP contribution in [0.3, 0.4) is 0 Å². The lowest BCUT2D eigenvalue weighted by atomic mass is 9.99. The molecule has 0 radical (unpaired) electrons. The highest BCUT2D eigenvalue weighted by Crippen LogP contribution is 2.29. The third-order valence-electron chi connectivity index (χ3n) is 3.34. The van der Waals surface area contributed by atoms with Gasteiger partial charge in [-0.2, -0.15) is 0 Å². The number of unbranched alkanes of at least 4 members (excludes halogenated alkanes) is 2. The van der Waals surface area contributed by atoms with Crippen LogP contribution in [0.5, 0.6) is 0 Å². The highest BCUT2D eigenvalue weighted by atomic mass is 16.4. The quantitative estimate of drug-likeness (QED) is 0.651. The smallest absolute Gasteiger partial charge is 0.323 e. The molecular formula is C11H21NO3. The van der Waals surface area contributed by atoms with Gasteiger partial charge in [-0.25, -0.2) is 0 Å². The van der Waals surface area contributed by atoms with Gasteiger partial charge >= 0.3 is 5.97 Å². The summed E-state index contributed by atoms with van der Waals surface area (Å²) in [5.41, 5.74) is -0.654. The van der Waals surface area contributed by atoms with Gasteiger partial charge in [-0.1, -0.05) is 0 Å². The van der Waals surface area contributed by atoms with Crippen molar-refractivity contribution in [3.05, 3.63) is 0 Å². The largest absolute Gasteiger partial charge is 0.480 e. The van der Waals surface area contributed by atoms with Crippen LogP contribution in [0.2, 0.25) is 0 Å². The summed E-state index contributed by atoms with van der Waals surface area (Å²) in [6.07, 6.45) is 4.49. The van der Waals surface area contributed by atoms with Crippen LogP contribution in [0.15, 0.2) is 0 Å². The van der Waals surface area contributed by atoms with Crippen LogP contribution in [0.4, 0.5) is 0 Å². The molecule has 0 spiro atoms. The Morgan fingerprint density at radius 2 is 2.13 bits per heavy atom. The summed E-state index contributed by atoms with van der Waals surface area (Å²) >= 11 is 0. The summed E-state index contributed by atoms with van der Waals surface area (Å²) in [5, 5.41) is 17.8. The lowest BCUT2D eigenvalue weighted by Crippen LogP contribution is -2.48. The highest BCUT2D eigenvalue weighted by molar-refractivity contribution is 5.78. The number of carboxylic acids is 1. The lowest BCUT2D eigenvalue weighted by Gasteiger charge is -2.31. The first kappa shape index (κ1) is 12.5. The van der Waals surface area contributed by atoms with E-state index < -0.39 is 11.5 Å². The average Bonchev–Trinajstić information content (AvgIpc) is 2.56. The zero-order valence-corrected chi connectivity index (χ0v) is 9.41. The second-order valence-electron chi connectivity index (χ2n) is 4.45. The molecular weight excluding hydrogens is 194 g/mol. The Kier molecular flexibility index (Phi) is 4.54. The Balaban J connectivity index is 2.37. The summed E-state index contributed by atoms with van der Waals surface area (Å²) in [6, 6.07) is 0. The fourth-order valence-electron chi connectivity index (χ4n) is 2.21. The van der Waals surface area contributed by atoms with Crippen LogP contribution in [0.25, 0.3) is 0 Å². The molecule has 0 aromatic rings. The molecule has 0 aromatic carbocycles. The molecule has 15 heavy (non-hydrogen) atoms. The van der Waals surface area contributed by atoms with Gasteiger partial charge in [0.05, 0.1) is 0 Å². The molecule has 0 bridgehead atoms. The van der Waals surface area contributed by atoms with Crippen molar-refractivity contribution in [1.82, 2.24) is 4.90 Å². The molecule has 1 heterocycles. The topological polar surface area (TPSA) is 60.8 Å². The highest BCUT2D eigenvalue weighted by Gasteiger charge is 2.42. The van der Waals surface area contributed by atoms with Crippen LogP contribution in [-0.2, 0) is 4.79 Å². The van der Waals surface area contributed by atoms with E-state index in [1.807, 2.05) is 6.92 Å². The van der Waals surface area contributed by atoms with Crippen molar-refractivity contribution in [2.24, 2.45) is 0 Å². The van der Waals surface area contributed by atoms with Crippen molar-refractivity contribution >= 4 is 5.97 Å². The second-order valence-corrected chi connectivity index (χ2v) is 4.45. The number of aliphatic hydroxyl groups is 1. The fourth-order valence-corrected chi connectivity index (χ4v) is 2.21. The van der Waals surface area contributed by atoms with E-state index in [1.54, 1.807) is 0 Å². The monoisotopic (exact) mass is 215 g/mol. The first-order chi connectivity index (χ1) is 7.11. The number of nitrogens with zero attached hydrogens (tertiary/aromatic N) is 1. The van der Waals surface area contributed by atoms with Crippen molar-refractivity contribution in [3.8, 4) is 0 Å². The lowest BCUT2D eigenvalue weighted by molar-refractivity contribution is -0.148. The molecule has 2 N–H and O–H groups in total. The predicted octanol–water partition coefficient (Wildman–Crippen LogP) is 1.09. The first-order valence-electron chi connectivity index (χ1n) is 5.70. The van der Waals surface area contributed by atoms with Gasteiger partial charge in [0.1, 0.15) is 5.54 Å². The Hall–Kier alpha value is -0.610. The van der Waals surface area contributed by atoms with Crippen LogP contribution in [-0.4, -0.2) is 46.3 Å². The molecule has 4 heteroatoms. The van der Waals surface area contributed by atoms with E-state index >= 15 is 0 Å². The summed E-state index contributed by atoms with van der Waals surface area (Å²) in [5.74, 6) is -0.706. The maximum Gasteiger partial charge on any atom is 0.323 e. The molecule has 1 aliphatic rings. The number of carboxylic acid groups (broad SMARTS) is 1. The maximum absolute atomic E-state index is 11.1. The van der Waals surface area contributed by atoms with Crippen LogP contribution >= 0.6 is 0 Å². The molecule has 0 amide bonds. The summed E-state index contributed by atoms with van der Waals surface area (Å²) < 4.78 is 0. The minimum Gasteiger partial charge on any atom is -0.480 e. The van der Waals surface area contributed by atoms with Crippen molar-refractivity contribution in [2.75, 3.05) is 19.7 Å². The van der Waals surface area contributed by atoms with Crippen molar-refractivity contribution in [3.63, 3.8) is 0 Å². The number of rotatable bonds is 6. The van der Waals surface area contributed by atoms with Gasteiger partial charge in [0.15, 0.2) is 0 Å². The Bertz CT molecular complexity index is 220. The second kappa shape index (κ2) is 5.47. The van der Waals surface area contributed by atoms with E-state index in [0.717, 1.165) is 45.2 Å². The average molecular weight is 215 g/mol. The van der Waals surface area contributed by atoms with E-state index in [0.29, 0.717) is 0 Å². The molecule has 0 aromatic heterocycles. The minimum atomic E-state index is -0.706. The SMILES string of the molecule is CC1(C(=O)O)CCCN1CCCCCO. The maximum atomic E-state index is 11.1. The number of aliphatic carboxylic acids is 1. The standard InChI is InChI=1S/C11H21NO3/c1-11(10(14)15)6-5-8-12(11)7-3-2-4-9-13/h13H,2-9H2,1H3,(H,14,15). The zero-order valence-electron chi connectivity index (χ0n) is 9.41. The fraction of sp³-hybridized carbons (Fsp3) is 0.909. The van der Waals surface area contributed by atoms with Crippen LogP contribution in [0, 0.1) is 0 Å². The Labute approximate surface area is 90.9 Å². The molecule has 88 valence electrons. The Morgan fingerprint density at radius 1 is 1.40 bits per heavy atom. The van der Waals surface area contributed by atoms with Gasteiger partial charge in [0.2, 0.25) is 0 Å². The van der Waals surface area contributed by atoms with E-state index in [-0.39, 0.29) is 6.61 Å². The van der Waals surface area contributed by atoms with Crippen LogP contribution < -0.4 is 0 Å². The predicted molar refractivity (Wildman–Crippen MR) is 57.8 cm³/mol. The molecule has 1 fully saturated rings. The first-order valence-corrected chi connectivity index (χ1v) is 5.70. The van der Waals surface area contributed by atoms with E-state index in [1.165, 1.54) is 0 Å². The zero-order chi connectivity index (χ0) is 11.3. The van der Waals surface area contributed by atoms with Crippen molar-refractivity contribution in [2.45, 2.75) is 44.6 Å². The van der Waals surface area contributed by atoms with Crippen LogP contribution in [0.1, 0.15) is 39.0 Å². The van der Waals surface area contributed by atoms with Gasteiger partial charge in [-0.15, -0.1) is 0 Å². The minimum absolute atomic E-state index is 0.232. The van der Waals surface area contributed by atoms with Crippen molar-refractivity contribution in [1.29, 1.82) is 0 Å². The van der Waals surface area contributed by atoms with E-state index in [4.69, 9.17) is 10.2 Å². The summed E-state index contributed by atoms with van der Waals surface area (Å²) in [7, 11) is 0. The normalized spacial score (nSPS) is 27.1. The molecule has 1 aliphatic heterocycles. The molecule has 4 nitrogen and oxygen atoms in total.